The van der Waals surface area contributed by atoms with Crippen LogP contribution in [0.4, 0.5) is 4.39 Å². The van der Waals surface area contributed by atoms with Gasteiger partial charge in [0.1, 0.15) is 12.9 Å². The van der Waals surface area contributed by atoms with Crippen LogP contribution in [0, 0.1) is 33.5 Å². The SMILES string of the molecule is [2H]c1c(C)[n+](C)c(-c2cc(C)cc(C)c2C)c2c1ccc1cc(F)ccc12. The van der Waals surface area contributed by atoms with Crippen LogP contribution < -0.4 is 4.57 Å². The standard InChI is InChI=1S/C24H23FN/c1-14-10-15(2)17(4)22(11-14)24-23-19(12-16(3)26(24)5)7-6-18-13-20(25)8-9-21(18)23/h6-13H,1-5H3/q+1/i12D. The maximum atomic E-state index is 13.8. The van der Waals surface area contributed by atoms with Gasteiger partial charge in [-0.1, -0.05) is 29.8 Å². The van der Waals surface area contributed by atoms with Crippen molar-refractivity contribution in [3.05, 3.63) is 76.7 Å². The first kappa shape index (κ1) is 15.5. The number of hydrogen-bond acceptors (Lipinski definition) is 0. The quantitative estimate of drug-likeness (QED) is 0.301. The molecule has 0 bridgehead atoms. The van der Waals surface area contributed by atoms with Gasteiger partial charge in [0.2, 0.25) is 5.69 Å². The van der Waals surface area contributed by atoms with Gasteiger partial charge in [0, 0.05) is 13.0 Å². The minimum atomic E-state index is -0.242. The molecule has 0 N–H and O–H groups in total. The Labute approximate surface area is 155 Å². The topological polar surface area (TPSA) is 3.88 Å². The van der Waals surface area contributed by atoms with E-state index in [4.69, 9.17) is 1.37 Å². The van der Waals surface area contributed by atoms with Crippen molar-refractivity contribution >= 4 is 21.5 Å². The van der Waals surface area contributed by atoms with Crippen molar-refractivity contribution in [3.63, 3.8) is 0 Å². The van der Waals surface area contributed by atoms with Crippen LogP contribution in [0.15, 0.2) is 48.5 Å². The van der Waals surface area contributed by atoms with Gasteiger partial charge in [-0.3, -0.25) is 0 Å². The Morgan fingerprint density at radius 1 is 0.923 bits per heavy atom. The van der Waals surface area contributed by atoms with E-state index in [9.17, 15) is 4.39 Å². The molecule has 4 rings (SSSR count). The van der Waals surface area contributed by atoms with Crippen molar-refractivity contribution in [2.24, 2.45) is 7.05 Å². The second kappa shape index (κ2) is 5.91. The van der Waals surface area contributed by atoms with Crippen LogP contribution in [0.5, 0.6) is 0 Å². The minimum absolute atomic E-state index is 0.242. The molecule has 4 aromatic rings. The number of benzene rings is 3. The average molecular weight is 345 g/mol. The molecule has 0 aliphatic heterocycles. The normalized spacial score (nSPS) is 12.0. The van der Waals surface area contributed by atoms with E-state index in [2.05, 4.69) is 37.5 Å². The highest BCUT2D eigenvalue weighted by molar-refractivity contribution is 6.12. The van der Waals surface area contributed by atoms with Gasteiger partial charge in [0.25, 0.3) is 0 Å². The van der Waals surface area contributed by atoms with E-state index in [0.29, 0.717) is 6.04 Å². The van der Waals surface area contributed by atoms with Crippen LogP contribution in [0.25, 0.3) is 32.8 Å². The number of aryl methyl sites for hydroxylation is 2. The van der Waals surface area contributed by atoms with Gasteiger partial charge >= 0.3 is 0 Å². The minimum Gasteiger partial charge on any atom is -0.207 e. The molecule has 0 saturated heterocycles. The lowest BCUT2D eigenvalue weighted by atomic mass is 9.92. The van der Waals surface area contributed by atoms with Crippen molar-refractivity contribution in [2.75, 3.05) is 0 Å². The third kappa shape index (κ3) is 2.48. The van der Waals surface area contributed by atoms with E-state index < -0.39 is 0 Å². The first-order valence-electron chi connectivity index (χ1n) is 9.39. The summed E-state index contributed by atoms with van der Waals surface area (Å²) in [7, 11) is 2.02. The molecule has 0 radical (unpaired) electrons. The van der Waals surface area contributed by atoms with Crippen molar-refractivity contribution in [3.8, 4) is 11.3 Å². The zero-order chi connectivity index (χ0) is 19.5. The number of halogens is 1. The summed E-state index contributed by atoms with van der Waals surface area (Å²) in [6.45, 7) is 8.37. The molecule has 0 aliphatic carbocycles. The van der Waals surface area contributed by atoms with Gasteiger partial charge in [-0.15, -0.1) is 0 Å². The van der Waals surface area contributed by atoms with Crippen LogP contribution in [0.2, 0.25) is 0 Å². The molecular formula is C24H23FN+. The molecule has 1 aromatic heterocycles. The van der Waals surface area contributed by atoms with Crippen molar-refractivity contribution < 1.29 is 10.3 Å². The van der Waals surface area contributed by atoms with E-state index in [-0.39, 0.29) is 5.82 Å². The van der Waals surface area contributed by atoms with Crippen LogP contribution in [-0.4, -0.2) is 0 Å². The third-order valence-electron chi connectivity index (χ3n) is 5.44. The summed E-state index contributed by atoms with van der Waals surface area (Å²) in [5, 5.41) is 3.75. The zero-order valence-electron chi connectivity index (χ0n) is 16.9. The smallest absolute Gasteiger partial charge is 0.207 e. The molecule has 0 fully saturated rings. The number of aromatic nitrogens is 1. The molecule has 1 heterocycles. The maximum Gasteiger partial charge on any atom is 0.221 e. The van der Waals surface area contributed by atoms with Gasteiger partial charge < -0.3 is 0 Å². The van der Waals surface area contributed by atoms with Crippen molar-refractivity contribution in [1.29, 1.82) is 0 Å². The highest BCUT2D eigenvalue weighted by Crippen LogP contribution is 2.35. The Morgan fingerprint density at radius 3 is 2.42 bits per heavy atom. The second-order valence-electron chi connectivity index (χ2n) is 7.23. The number of fused-ring (bicyclic) bond motifs is 3. The Morgan fingerprint density at radius 2 is 1.65 bits per heavy atom. The summed E-state index contributed by atoms with van der Waals surface area (Å²) < 4.78 is 24.6. The largest absolute Gasteiger partial charge is 0.221 e. The van der Waals surface area contributed by atoms with E-state index in [1.165, 1.54) is 28.3 Å². The number of rotatable bonds is 1. The third-order valence-corrected chi connectivity index (χ3v) is 5.44. The molecule has 0 aliphatic rings. The molecule has 0 saturated carbocycles. The molecule has 0 unspecified atom stereocenters. The number of pyridine rings is 1. The monoisotopic (exact) mass is 345 g/mol. The second-order valence-corrected chi connectivity index (χ2v) is 7.23. The highest BCUT2D eigenvalue weighted by atomic mass is 19.1. The van der Waals surface area contributed by atoms with E-state index in [1.54, 1.807) is 6.07 Å². The Hall–Kier alpha value is -2.74. The number of hydrogen-bond donors (Lipinski definition) is 0. The van der Waals surface area contributed by atoms with Gasteiger partial charge in [-0.2, -0.15) is 4.57 Å². The number of nitrogens with zero attached hydrogens (tertiary/aromatic N) is 1. The summed E-state index contributed by atoms with van der Waals surface area (Å²) >= 11 is 0. The van der Waals surface area contributed by atoms with Crippen LogP contribution in [-0.2, 0) is 7.05 Å². The lowest BCUT2D eigenvalue weighted by Gasteiger charge is -2.14. The van der Waals surface area contributed by atoms with Crippen molar-refractivity contribution in [2.45, 2.75) is 27.7 Å². The van der Waals surface area contributed by atoms with Crippen LogP contribution in [0.3, 0.4) is 0 Å². The van der Waals surface area contributed by atoms with E-state index in [1.807, 2.05) is 32.2 Å². The molecule has 0 atom stereocenters. The van der Waals surface area contributed by atoms with E-state index in [0.717, 1.165) is 32.9 Å². The van der Waals surface area contributed by atoms with Gasteiger partial charge in [-0.25, -0.2) is 4.39 Å². The fourth-order valence-corrected chi connectivity index (χ4v) is 3.88. The lowest BCUT2D eigenvalue weighted by molar-refractivity contribution is -0.665. The molecule has 3 aromatic carbocycles. The summed E-state index contributed by atoms with van der Waals surface area (Å²) in [5.41, 5.74) is 6.85. The van der Waals surface area contributed by atoms with Crippen LogP contribution >= 0.6 is 0 Å². The van der Waals surface area contributed by atoms with Gasteiger partial charge in [-0.05, 0) is 66.3 Å². The zero-order valence-corrected chi connectivity index (χ0v) is 15.9. The fourth-order valence-electron chi connectivity index (χ4n) is 3.88. The molecule has 1 nitrogen and oxygen atoms in total. The van der Waals surface area contributed by atoms with Gasteiger partial charge in [0.15, 0.2) is 5.69 Å². The van der Waals surface area contributed by atoms with E-state index >= 15 is 0 Å². The van der Waals surface area contributed by atoms with Crippen LogP contribution in [0.1, 0.15) is 23.8 Å². The first-order valence-corrected chi connectivity index (χ1v) is 8.89. The molecule has 130 valence electrons. The van der Waals surface area contributed by atoms with Gasteiger partial charge in [0.05, 0.1) is 12.3 Å². The highest BCUT2D eigenvalue weighted by Gasteiger charge is 2.22. The average Bonchev–Trinajstić information content (AvgIpc) is 2.63. The molecule has 26 heavy (non-hydrogen) atoms. The predicted molar refractivity (Wildman–Crippen MR) is 107 cm³/mol. The molecule has 0 amide bonds. The Bertz CT molecular complexity index is 1240. The summed E-state index contributed by atoms with van der Waals surface area (Å²) in [6.07, 6.45) is 0. The summed E-state index contributed by atoms with van der Waals surface area (Å²) in [6, 6.07) is 13.7. The molecule has 0 spiro atoms. The Kier molecular flexibility index (Phi) is 3.53. The fraction of sp³-hybridized carbons (Fsp3) is 0.208. The predicted octanol–water partition coefficient (Wildman–Crippen LogP) is 5.86. The molecule has 2 heteroatoms. The first-order chi connectivity index (χ1) is 12.8. The maximum absolute atomic E-state index is 13.8. The van der Waals surface area contributed by atoms with Crippen molar-refractivity contribution in [1.82, 2.24) is 0 Å². The Balaban J connectivity index is 2.30. The summed E-state index contributed by atoms with van der Waals surface area (Å²) in [5.74, 6) is -0.242. The lowest BCUT2D eigenvalue weighted by Crippen LogP contribution is -2.35. The molecular weight excluding hydrogens is 321 g/mol. The summed E-state index contributed by atoms with van der Waals surface area (Å²) in [4.78, 5) is 0.